The molecule has 1 aromatic heterocycles. The molecule has 0 aliphatic rings. The number of imidazole rings is 1. The number of sulfonamides is 1. The van der Waals surface area contributed by atoms with Crippen molar-refractivity contribution in [3.63, 3.8) is 0 Å². The Bertz CT molecular complexity index is 641. The summed E-state index contributed by atoms with van der Waals surface area (Å²) < 4.78 is 27.9. The van der Waals surface area contributed by atoms with Gasteiger partial charge in [0.1, 0.15) is 0 Å². The van der Waals surface area contributed by atoms with Crippen LogP contribution in [0.1, 0.15) is 5.69 Å². The van der Waals surface area contributed by atoms with Gasteiger partial charge in [0, 0.05) is 20.8 Å². The van der Waals surface area contributed by atoms with E-state index in [1.54, 1.807) is 18.3 Å². The van der Waals surface area contributed by atoms with E-state index in [1.807, 2.05) is 0 Å². The van der Waals surface area contributed by atoms with Gasteiger partial charge in [-0.15, -0.1) is 0 Å². The molecule has 2 rings (SSSR count). The minimum absolute atomic E-state index is 0.171. The molecular weight excluding hydrogens is 386 g/mol. The van der Waals surface area contributed by atoms with Crippen LogP contribution in [0.25, 0.3) is 0 Å². The standard InChI is InChI=1S/C10H9Br2N3O2S/c11-7-1-2-10(9(12)3-7)18(16,17)15-5-8-4-13-6-14-8/h1-4,6,15H,5H2,(H,13,14). The van der Waals surface area contributed by atoms with E-state index >= 15 is 0 Å². The van der Waals surface area contributed by atoms with Gasteiger partial charge in [0.15, 0.2) is 0 Å². The van der Waals surface area contributed by atoms with Gasteiger partial charge in [-0.3, -0.25) is 0 Å². The molecule has 2 N–H and O–H groups in total. The number of H-pyrrole nitrogens is 1. The summed E-state index contributed by atoms with van der Waals surface area (Å²) in [6.45, 7) is 0.171. The highest BCUT2D eigenvalue weighted by Gasteiger charge is 2.17. The largest absolute Gasteiger partial charge is 0.347 e. The van der Waals surface area contributed by atoms with Crippen molar-refractivity contribution < 1.29 is 8.42 Å². The zero-order valence-electron chi connectivity index (χ0n) is 9.02. The summed E-state index contributed by atoms with van der Waals surface area (Å²) in [4.78, 5) is 6.85. The van der Waals surface area contributed by atoms with E-state index in [4.69, 9.17) is 0 Å². The molecule has 0 fully saturated rings. The predicted octanol–water partition coefficient (Wildman–Crippen LogP) is 2.41. The normalized spacial score (nSPS) is 11.7. The molecule has 0 atom stereocenters. The summed E-state index contributed by atoms with van der Waals surface area (Å²) in [5.74, 6) is 0. The topological polar surface area (TPSA) is 74.8 Å². The van der Waals surface area contributed by atoms with Crippen LogP contribution in [0.4, 0.5) is 0 Å². The number of benzene rings is 1. The van der Waals surface area contributed by atoms with Crippen LogP contribution in [0.15, 0.2) is 44.6 Å². The van der Waals surface area contributed by atoms with E-state index in [1.165, 1.54) is 12.4 Å². The van der Waals surface area contributed by atoms with Crippen LogP contribution < -0.4 is 4.72 Å². The van der Waals surface area contributed by atoms with Gasteiger partial charge in [0.2, 0.25) is 10.0 Å². The van der Waals surface area contributed by atoms with Crippen LogP contribution in [-0.2, 0) is 16.6 Å². The number of nitrogens with one attached hydrogen (secondary N) is 2. The third kappa shape index (κ3) is 3.19. The fourth-order valence-electron chi connectivity index (χ4n) is 1.33. The van der Waals surface area contributed by atoms with Gasteiger partial charge in [0.25, 0.3) is 0 Å². The summed E-state index contributed by atoms with van der Waals surface area (Å²) in [6.07, 6.45) is 3.07. The van der Waals surface area contributed by atoms with Gasteiger partial charge in [0.05, 0.1) is 17.8 Å². The maximum Gasteiger partial charge on any atom is 0.242 e. The third-order valence-electron chi connectivity index (χ3n) is 2.19. The van der Waals surface area contributed by atoms with Gasteiger partial charge in [-0.2, -0.15) is 0 Å². The van der Waals surface area contributed by atoms with Crippen LogP contribution in [-0.4, -0.2) is 18.4 Å². The third-order valence-corrected chi connectivity index (χ3v) is 5.06. The average molecular weight is 395 g/mol. The van der Waals surface area contributed by atoms with Crippen LogP contribution in [0.2, 0.25) is 0 Å². The second-order valence-corrected chi connectivity index (χ2v) is 6.98. The van der Waals surface area contributed by atoms with Crippen LogP contribution in [0, 0.1) is 0 Å². The first-order valence-corrected chi connectivity index (χ1v) is 7.98. The monoisotopic (exact) mass is 393 g/mol. The van der Waals surface area contributed by atoms with Crippen molar-refractivity contribution in [3.8, 4) is 0 Å². The molecule has 0 aliphatic heterocycles. The van der Waals surface area contributed by atoms with Gasteiger partial charge in [-0.05, 0) is 34.1 Å². The zero-order chi connectivity index (χ0) is 13.2. The van der Waals surface area contributed by atoms with Crippen molar-refractivity contribution in [3.05, 3.63) is 45.4 Å². The number of rotatable bonds is 4. The lowest BCUT2D eigenvalue weighted by molar-refractivity contribution is 0.580. The molecule has 0 aliphatic carbocycles. The van der Waals surface area contributed by atoms with Crippen LogP contribution in [0.3, 0.4) is 0 Å². The van der Waals surface area contributed by atoms with E-state index < -0.39 is 10.0 Å². The molecule has 0 bridgehead atoms. The summed E-state index contributed by atoms with van der Waals surface area (Å²) >= 11 is 6.51. The van der Waals surface area contributed by atoms with E-state index in [0.717, 1.165) is 4.47 Å². The Morgan fingerprint density at radius 3 is 2.72 bits per heavy atom. The summed E-state index contributed by atoms with van der Waals surface area (Å²) in [7, 11) is -3.55. The first-order chi connectivity index (χ1) is 8.49. The number of aromatic nitrogens is 2. The van der Waals surface area contributed by atoms with E-state index in [0.29, 0.717) is 10.2 Å². The Hall–Kier alpha value is -0.700. The highest BCUT2D eigenvalue weighted by atomic mass is 79.9. The fourth-order valence-corrected chi connectivity index (χ4v) is 4.08. The van der Waals surface area contributed by atoms with Crippen molar-refractivity contribution >= 4 is 41.9 Å². The summed E-state index contributed by atoms with van der Waals surface area (Å²) in [5, 5.41) is 0. The lowest BCUT2D eigenvalue weighted by atomic mass is 10.4. The second-order valence-electron chi connectivity index (χ2n) is 3.48. The predicted molar refractivity (Wildman–Crippen MR) is 74.5 cm³/mol. The summed E-state index contributed by atoms with van der Waals surface area (Å²) in [5.41, 5.74) is 0.701. The molecule has 0 saturated carbocycles. The maximum absolute atomic E-state index is 12.1. The van der Waals surface area contributed by atoms with Crippen molar-refractivity contribution in [1.82, 2.24) is 14.7 Å². The van der Waals surface area contributed by atoms with Crippen LogP contribution in [0.5, 0.6) is 0 Å². The average Bonchev–Trinajstić information content (AvgIpc) is 2.78. The molecular formula is C10H9Br2N3O2S. The molecule has 0 saturated heterocycles. The quantitative estimate of drug-likeness (QED) is 0.836. The minimum atomic E-state index is -3.55. The highest BCUT2D eigenvalue weighted by molar-refractivity contribution is 9.11. The van der Waals surface area contributed by atoms with Crippen molar-refractivity contribution in [2.75, 3.05) is 0 Å². The Morgan fingerprint density at radius 1 is 1.33 bits per heavy atom. The summed E-state index contributed by atoms with van der Waals surface area (Å²) in [6, 6.07) is 4.89. The van der Waals surface area contributed by atoms with Crippen molar-refractivity contribution in [1.29, 1.82) is 0 Å². The Kier molecular flexibility index (Phi) is 4.21. The van der Waals surface area contributed by atoms with E-state index in [2.05, 4.69) is 46.5 Å². The number of hydrogen-bond donors (Lipinski definition) is 2. The second kappa shape index (κ2) is 5.52. The lowest BCUT2D eigenvalue weighted by Crippen LogP contribution is -2.23. The minimum Gasteiger partial charge on any atom is -0.347 e. The maximum atomic E-state index is 12.1. The smallest absolute Gasteiger partial charge is 0.242 e. The van der Waals surface area contributed by atoms with Gasteiger partial charge < -0.3 is 4.98 Å². The lowest BCUT2D eigenvalue weighted by Gasteiger charge is -2.07. The number of aromatic amines is 1. The van der Waals surface area contributed by atoms with E-state index in [9.17, 15) is 8.42 Å². The zero-order valence-corrected chi connectivity index (χ0v) is 13.0. The molecule has 0 amide bonds. The number of nitrogens with zero attached hydrogens (tertiary/aromatic N) is 1. The van der Waals surface area contributed by atoms with Crippen LogP contribution >= 0.6 is 31.9 Å². The first-order valence-electron chi connectivity index (χ1n) is 4.91. The van der Waals surface area contributed by atoms with Gasteiger partial charge in [-0.25, -0.2) is 18.1 Å². The first kappa shape index (κ1) is 13.7. The molecule has 0 radical (unpaired) electrons. The highest BCUT2D eigenvalue weighted by Crippen LogP contribution is 2.25. The molecule has 18 heavy (non-hydrogen) atoms. The fraction of sp³-hybridized carbons (Fsp3) is 0.100. The Balaban J connectivity index is 2.20. The molecule has 96 valence electrons. The molecule has 5 nitrogen and oxygen atoms in total. The number of halogens is 2. The van der Waals surface area contributed by atoms with Gasteiger partial charge in [-0.1, -0.05) is 15.9 Å². The van der Waals surface area contributed by atoms with Crippen molar-refractivity contribution in [2.45, 2.75) is 11.4 Å². The molecule has 0 spiro atoms. The molecule has 1 heterocycles. The molecule has 2 aromatic rings. The SMILES string of the molecule is O=S(=O)(NCc1cnc[nH]1)c1ccc(Br)cc1Br. The molecule has 1 aromatic carbocycles. The molecule has 0 unspecified atom stereocenters. The molecule has 8 heteroatoms. The number of hydrogen-bond acceptors (Lipinski definition) is 3. The Morgan fingerprint density at radius 2 is 2.11 bits per heavy atom. The van der Waals surface area contributed by atoms with Gasteiger partial charge >= 0.3 is 0 Å². The van der Waals surface area contributed by atoms with Crippen molar-refractivity contribution in [2.24, 2.45) is 0 Å². The Labute approximate surface area is 121 Å². The van der Waals surface area contributed by atoms with E-state index in [-0.39, 0.29) is 11.4 Å².